The quantitative estimate of drug-likeness (QED) is 0.516. The molecule has 0 unspecified atom stereocenters. The largest absolute Gasteiger partial charge is 0.337 e. The fourth-order valence-corrected chi connectivity index (χ4v) is 0.883. The molecule has 4 nitrogen and oxygen atoms in total. The van der Waals surface area contributed by atoms with Crippen LogP contribution in [0.2, 0.25) is 0 Å². The van der Waals surface area contributed by atoms with E-state index in [1.807, 2.05) is 17.8 Å². The molecule has 0 aliphatic carbocycles. The summed E-state index contributed by atoms with van der Waals surface area (Å²) >= 11 is 5.25. The predicted molar refractivity (Wildman–Crippen MR) is 45.9 cm³/mol. The maximum atomic E-state index is 10.6. The Balaban J connectivity index is 2.64. The number of halogens is 1. The third-order valence-electron chi connectivity index (χ3n) is 1.60. The van der Waals surface area contributed by atoms with Gasteiger partial charge in [0.2, 0.25) is 0 Å². The molecule has 0 radical (unpaired) electrons. The summed E-state index contributed by atoms with van der Waals surface area (Å²) in [6.45, 7) is 0.436. The van der Waals surface area contributed by atoms with Crippen LogP contribution in [0.1, 0.15) is 5.82 Å². The van der Waals surface area contributed by atoms with Gasteiger partial charge in [0.25, 0.3) is 0 Å². The van der Waals surface area contributed by atoms with Crippen LogP contribution in [0.3, 0.4) is 0 Å². The van der Waals surface area contributed by atoms with Crippen molar-refractivity contribution in [1.82, 2.24) is 14.5 Å². The molecule has 0 aromatic carbocycles. The average Bonchev–Trinajstić information content (AvgIpc) is 2.36. The normalized spacial score (nSPS) is 9.92. The van der Waals surface area contributed by atoms with Gasteiger partial charge in [0, 0.05) is 26.5 Å². The van der Waals surface area contributed by atoms with Gasteiger partial charge in [0.1, 0.15) is 5.82 Å². The highest BCUT2D eigenvalue weighted by atomic mass is 35.5. The zero-order valence-corrected chi connectivity index (χ0v) is 7.75. The SMILES string of the molecule is CN(Cc1nccn1C)C(=O)Cl. The summed E-state index contributed by atoms with van der Waals surface area (Å²) in [6, 6.07) is 0. The lowest BCUT2D eigenvalue weighted by Gasteiger charge is -2.12. The molecule has 0 N–H and O–H groups in total. The lowest BCUT2D eigenvalue weighted by atomic mass is 10.5. The van der Waals surface area contributed by atoms with Gasteiger partial charge >= 0.3 is 5.37 Å². The average molecular weight is 188 g/mol. The molecule has 1 rings (SSSR count). The van der Waals surface area contributed by atoms with Gasteiger partial charge in [-0.05, 0) is 11.6 Å². The van der Waals surface area contributed by atoms with Crippen molar-refractivity contribution >= 4 is 17.0 Å². The molecule has 0 aliphatic rings. The van der Waals surface area contributed by atoms with Crippen LogP contribution in [0.5, 0.6) is 0 Å². The summed E-state index contributed by atoms with van der Waals surface area (Å²) in [5.41, 5.74) is 0. The standard InChI is InChI=1S/C7H10ClN3O/c1-10-4-3-9-6(10)5-11(2)7(8)12/h3-4H,5H2,1-2H3. The van der Waals surface area contributed by atoms with Crippen LogP contribution in [0.4, 0.5) is 4.79 Å². The zero-order chi connectivity index (χ0) is 9.14. The number of hydrogen-bond donors (Lipinski definition) is 0. The lowest BCUT2D eigenvalue weighted by molar-refractivity contribution is 0.229. The fourth-order valence-electron chi connectivity index (χ4n) is 0.823. The van der Waals surface area contributed by atoms with Gasteiger partial charge in [0.15, 0.2) is 0 Å². The van der Waals surface area contributed by atoms with E-state index >= 15 is 0 Å². The molecule has 1 aromatic heterocycles. The molecule has 1 heterocycles. The van der Waals surface area contributed by atoms with Crippen molar-refractivity contribution in [3.05, 3.63) is 18.2 Å². The van der Waals surface area contributed by atoms with Gasteiger partial charge in [-0.15, -0.1) is 0 Å². The van der Waals surface area contributed by atoms with Crippen LogP contribution in [-0.2, 0) is 13.6 Å². The van der Waals surface area contributed by atoms with Crippen LogP contribution in [-0.4, -0.2) is 26.9 Å². The van der Waals surface area contributed by atoms with E-state index in [0.717, 1.165) is 5.82 Å². The molecule has 5 heteroatoms. The second-order valence-corrected chi connectivity index (χ2v) is 2.89. The molecule has 12 heavy (non-hydrogen) atoms. The van der Waals surface area contributed by atoms with Gasteiger partial charge in [-0.25, -0.2) is 4.98 Å². The molecule has 0 bridgehead atoms. The minimum atomic E-state index is -0.474. The van der Waals surface area contributed by atoms with Crippen LogP contribution in [0.25, 0.3) is 0 Å². The van der Waals surface area contributed by atoms with Gasteiger partial charge in [-0.1, -0.05) is 0 Å². The molecule has 0 atom stereocenters. The zero-order valence-electron chi connectivity index (χ0n) is 6.99. The molecule has 0 saturated heterocycles. The van der Waals surface area contributed by atoms with Crippen LogP contribution in [0, 0.1) is 0 Å². The molecule has 66 valence electrons. The minimum absolute atomic E-state index is 0.436. The Labute approximate surface area is 75.8 Å². The summed E-state index contributed by atoms with van der Waals surface area (Å²) in [4.78, 5) is 16.1. The first kappa shape index (κ1) is 9.06. The maximum absolute atomic E-state index is 10.6. The topological polar surface area (TPSA) is 38.1 Å². The van der Waals surface area contributed by atoms with Crippen molar-refractivity contribution in [3.8, 4) is 0 Å². The second-order valence-electron chi connectivity index (χ2n) is 2.56. The highest BCUT2D eigenvalue weighted by Gasteiger charge is 2.07. The molecule has 0 fully saturated rings. The molecule has 0 saturated carbocycles. The molecule has 0 aliphatic heterocycles. The number of hydrogen-bond acceptors (Lipinski definition) is 2. The highest BCUT2D eigenvalue weighted by Crippen LogP contribution is 2.01. The second kappa shape index (κ2) is 3.58. The first-order valence-electron chi connectivity index (χ1n) is 3.48. The summed E-state index contributed by atoms with van der Waals surface area (Å²) in [6.07, 6.45) is 3.50. The van der Waals surface area contributed by atoms with E-state index in [-0.39, 0.29) is 0 Å². The van der Waals surface area contributed by atoms with Crippen LogP contribution >= 0.6 is 11.6 Å². The number of aromatic nitrogens is 2. The van der Waals surface area contributed by atoms with Gasteiger partial charge in [-0.2, -0.15) is 0 Å². The lowest BCUT2D eigenvalue weighted by Crippen LogP contribution is -2.21. The van der Waals surface area contributed by atoms with Crippen LogP contribution in [0.15, 0.2) is 12.4 Å². The van der Waals surface area contributed by atoms with Gasteiger partial charge in [0.05, 0.1) is 6.54 Å². The van der Waals surface area contributed by atoms with Crippen molar-refractivity contribution in [2.75, 3.05) is 7.05 Å². The minimum Gasteiger partial charge on any atom is -0.337 e. The monoisotopic (exact) mass is 187 g/mol. The number of imidazole rings is 1. The summed E-state index contributed by atoms with van der Waals surface area (Å²) in [7, 11) is 3.50. The summed E-state index contributed by atoms with van der Waals surface area (Å²) in [5, 5.41) is -0.474. The van der Waals surface area contributed by atoms with Crippen molar-refractivity contribution in [2.45, 2.75) is 6.54 Å². The van der Waals surface area contributed by atoms with Gasteiger partial charge < -0.3 is 9.47 Å². The Hall–Kier alpha value is -1.03. The first-order valence-corrected chi connectivity index (χ1v) is 3.86. The maximum Gasteiger partial charge on any atom is 0.316 e. The predicted octanol–water partition coefficient (Wildman–Crippen LogP) is 1.21. The van der Waals surface area contributed by atoms with Gasteiger partial charge in [-0.3, -0.25) is 4.79 Å². The highest BCUT2D eigenvalue weighted by molar-refractivity contribution is 6.62. The van der Waals surface area contributed by atoms with E-state index < -0.39 is 5.37 Å². The van der Waals surface area contributed by atoms with E-state index in [9.17, 15) is 4.79 Å². The van der Waals surface area contributed by atoms with Crippen molar-refractivity contribution in [2.24, 2.45) is 7.05 Å². The Bertz CT molecular complexity index is 284. The van der Waals surface area contributed by atoms with Crippen LogP contribution < -0.4 is 0 Å². The summed E-state index contributed by atoms with van der Waals surface area (Å²) in [5.74, 6) is 0.812. The number of rotatable bonds is 2. The van der Waals surface area contributed by atoms with E-state index in [0.29, 0.717) is 6.54 Å². The Morgan fingerprint density at radius 2 is 2.50 bits per heavy atom. The third-order valence-corrected chi connectivity index (χ3v) is 1.89. The van der Waals surface area contributed by atoms with E-state index in [1.165, 1.54) is 4.90 Å². The molecular weight excluding hydrogens is 178 g/mol. The van der Waals surface area contributed by atoms with E-state index in [2.05, 4.69) is 4.98 Å². The molecule has 1 aromatic rings. The number of aryl methyl sites for hydroxylation is 1. The van der Waals surface area contributed by atoms with Crippen molar-refractivity contribution in [3.63, 3.8) is 0 Å². The number of nitrogens with zero attached hydrogens (tertiary/aromatic N) is 3. The summed E-state index contributed by atoms with van der Waals surface area (Å²) < 4.78 is 1.84. The smallest absolute Gasteiger partial charge is 0.316 e. The van der Waals surface area contributed by atoms with Crippen molar-refractivity contribution in [1.29, 1.82) is 0 Å². The molecule has 1 amide bonds. The van der Waals surface area contributed by atoms with E-state index in [4.69, 9.17) is 11.6 Å². The molecular formula is C7H10ClN3O. The van der Waals surface area contributed by atoms with E-state index in [1.54, 1.807) is 13.2 Å². The Morgan fingerprint density at radius 3 is 2.92 bits per heavy atom. The molecule has 0 spiro atoms. The Morgan fingerprint density at radius 1 is 1.83 bits per heavy atom. The third kappa shape index (κ3) is 1.98. The number of carbonyl (C=O) groups excluding carboxylic acids is 1. The Kier molecular flexibility index (Phi) is 2.70. The number of amides is 1. The first-order chi connectivity index (χ1) is 5.61. The fraction of sp³-hybridized carbons (Fsp3) is 0.429. The number of carbonyl (C=O) groups is 1. The van der Waals surface area contributed by atoms with Crippen molar-refractivity contribution < 1.29 is 4.79 Å².